The number of ether oxygens (including phenoxy) is 5. The molecule has 2 aromatic rings. The van der Waals surface area contributed by atoms with Crippen LogP contribution in [0.3, 0.4) is 0 Å². The first-order valence-corrected chi connectivity index (χ1v) is 27.4. The number of cyclic esters (lactones) is 1. The van der Waals surface area contributed by atoms with E-state index in [4.69, 9.17) is 23.7 Å². The second-order valence-corrected chi connectivity index (χ2v) is 24.4. The van der Waals surface area contributed by atoms with Crippen LogP contribution in [-0.4, -0.2) is 138 Å². The quantitative estimate of drug-likeness (QED) is 0.0879. The van der Waals surface area contributed by atoms with Gasteiger partial charge in [-0.25, -0.2) is 4.98 Å². The Morgan fingerprint density at radius 1 is 0.931 bits per heavy atom. The topological polar surface area (TPSA) is 209 Å². The summed E-state index contributed by atoms with van der Waals surface area (Å²) >= 11 is 2.91. The molecule has 2 saturated heterocycles. The summed E-state index contributed by atoms with van der Waals surface area (Å²) in [4.78, 5) is 85.8. The second-order valence-electron chi connectivity index (χ2n) is 22.3. The third-order valence-corrected chi connectivity index (χ3v) is 18.4. The van der Waals surface area contributed by atoms with E-state index in [2.05, 4.69) is 36.4 Å². The summed E-state index contributed by atoms with van der Waals surface area (Å²) in [6, 6.07) is 5.64. The molecule has 2 saturated carbocycles. The number of benzene rings is 1. The van der Waals surface area contributed by atoms with E-state index in [0.29, 0.717) is 31.6 Å². The molecule has 4 unspecified atom stereocenters. The predicted octanol–water partition coefficient (Wildman–Crippen LogP) is 6.70. The SMILES string of the molecule is Cc1ncsc1-c1ccc([C@H](C)NC(=O)[C@@H]2C[C@@H](O)CN2C(=O)[C@@H](NC(=O)COCCOCCOCCOCC(=O)S[C@@H]2CC3=CC(=O)CCC3(C)C3CCC(C)([C@@]4(C)CCC(=O)O4)CC32)C(C)(C)C)cc1. The van der Waals surface area contributed by atoms with Crippen LogP contribution in [0.1, 0.15) is 124 Å². The van der Waals surface area contributed by atoms with E-state index < -0.39 is 41.0 Å². The van der Waals surface area contributed by atoms with Crippen LogP contribution in [0.5, 0.6) is 0 Å². The summed E-state index contributed by atoms with van der Waals surface area (Å²) in [5.74, 6) is -0.733. The second kappa shape index (κ2) is 23.7. The van der Waals surface area contributed by atoms with Gasteiger partial charge in [-0.2, -0.15) is 0 Å². The number of aliphatic hydroxyl groups excluding tert-OH is 1. The van der Waals surface area contributed by atoms with Crippen LogP contribution < -0.4 is 10.6 Å². The molecule has 7 rings (SSSR count). The number of thiazole rings is 1. The number of esters is 1. The average Bonchev–Trinajstić information content (AvgIpc) is 4.06. The molecule has 1 aromatic carbocycles. The number of fused-ring (bicyclic) bond motifs is 3. The molecule has 16 nitrogen and oxygen atoms in total. The molecule has 2 aliphatic heterocycles. The van der Waals surface area contributed by atoms with Gasteiger partial charge >= 0.3 is 5.97 Å². The van der Waals surface area contributed by atoms with Gasteiger partial charge in [-0.3, -0.25) is 28.8 Å². The number of rotatable bonds is 21. The zero-order valence-electron chi connectivity index (χ0n) is 43.4. The normalized spacial score (nSPS) is 29.2. The van der Waals surface area contributed by atoms with Crippen molar-refractivity contribution in [1.29, 1.82) is 0 Å². The van der Waals surface area contributed by atoms with Crippen molar-refractivity contribution in [3.63, 3.8) is 0 Å². The molecule has 72 heavy (non-hydrogen) atoms. The van der Waals surface area contributed by atoms with Gasteiger partial charge in [-0.1, -0.05) is 76.2 Å². The minimum Gasteiger partial charge on any atom is -0.459 e. The molecule has 0 spiro atoms. The maximum absolute atomic E-state index is 14.0. The van der Waals surface area contributed by atoms with Crippen LogP contribution in [-0.2, 0) is 52.5 Å². The number of nitrogens with one attached hydrogen (secondary N) is 2. The van der Waals surface area contributed by atoms with Crippen molar-refractivity contribution in [3.05, 3.63) is 52.7 Å². The Labute approximate surface area is 432 Å². The first-order chi connectivity index (χ1) is 34.1. The van der Waals surface area contributed by atoms with Gasteiger partial charge in [0.2, 0.25) is 22.8 Å². The Hall–Kier alpha value is -4.04. The maximum atomic E-state index is 14.0. The fourth-order valence-corrected chi connectivity index (χ4v) is 13.7. The molecule has 3 heterocycles. The number of likely N-dealkylation sites (tertiary alicyclic amines) is 1. The van der Waals surface area contributed by atoms with Crippen LogP contribution in [0.15, 0.2) is 41.4 Å². The van der Waals surface area contributed by atoms with Gasteiger partial charge < -0.3 is 44.3 Å². The van der Waals surface area contributed by atoms with Gasteiger partial charge in [0.25, 0.3) is 0 Å². The van der Waals surface area contributed by atoms with E-state index in [-0.39, 0.29) is 117 Å². The van der Waals surface area contributed by atoms with E-state index in [1.54, 1.807) is 11.3 Å². The monoisotopic (exact) mass is 1040 g/mol. The summed E-state index contributed by atoms with van der Waals surface area (Å²) in [5, 5.41) is 16.4. The van der Waals surface area contributed by atoms with Crippen LogP contribution in [0, 0.1) is 35.0 Å². The summed E-state index contributed by atoms with van der Waals surface area (Å²) < 4.78 is 28.5. The minimum atomic E-state index is -0.990. The van der Waals surface area contributed by atoms with E-state index in [9.17, 15) is 33.9 Å². The average molecular weight is 1040 g/mol. The van der Waals surface area contributed by atoms with Gasteiger partial charge in [0.15, 0.2) is 5.78 Å². The molecular weight excluding hydrogens is 961 g/mol. The first kappa shape index (κ1) is 55.7. The number of carbonyl (C=O) groups is 6. The number of β-amino-alcohol motifs (C(OH)–C–C–N with tert-alkyl or cyclic N) is 1. The molecule has 10 atom stereocenters. The van der Waals surface area contributed by atoms with Crippen LogP contribution in [0.25, 0.3) is 10.4 Å². The summed E-state index contributed by atoms with van der Waals surface area (Å²) in [6.07, 6.45) is 7.04. The summed E-state index contributed by atoms with van der Waals surface area (Å²) in [6.45, 7) is 16.9. The number of thioether (sulfide) groups is 1. The van der Waals surface area contributed by atoms with E-state index >= 15 is 0 Å². The van der Waals surface area contributed by atoms with Gasteiger partial charge in [-0.15, -0.1) is 11.3 Å². The largest absolute Gasteiger partial charge is 0.459 e. The van der Waals surface area contributed by atoms with Crippen molar-refractivity contribution >= 4 is 57.7 Å². The van der Waals surface area contributed by atoms with Gasteiger partial charge in [0, 0.05) is 36.5 Å². The molecule has 18 heteroatoms. The zero-order valence-corrected chi connectivity index (χ0v) is 45.0. The Kier molecular flexibility index (Phi) is 18.3. The Morgan fingerprint density at radius 3 is 2.22 bits per heavy atom. The Morgan fingerprint density at radius 2 is 1.60 bits per heavy atom. The van der Waals surface area contributed by atoms with Crippen LogP contribution in [0.2, 0.25) is 0 Å². The van der Waals surface area contributed by atoms with Gasteiger partial charge in [0.05, 0.1) is 67.9 Å². The standard InChI is InChI=1S/C54H76N4O12S2/c1-33(35-9-11-36(12-10-35)47-34(2)55-32-71-47)56-49(64)42-27-39(60)29-58(42)50(65)48(51(3,4)5)57-44(61)30-68-23-21-66-19-20-67-22-24-69-31-46(63)72-43-26-37-25-38(59)13-17-53(37,7)41-14-16-52(6,28-40(41)43)54(8)18-15-45(62)70-54/h9-12,25,32-33,39-43,48,60H,13-24,26-31H2,1-8H3,(H,56,64)(H,57,61)/t33-,39+,40?,41?,42-,43+,48+,52?,53?,54+/m0/s1. The number of hydrogen-bond acceptors (Lipinski definition) is 15. The minimum absolute atomic E-state index is 0.00303. The Balaban J connectivity index is 0.774. The molecule has 0 bridgehead atoms. The highest BCUT2D eigenvalue weighted by atomic mass is 32.2. The first-order valence-electron chi connectivity index (χ1n) is 25.7. The highest BCUT2D eigenvalue weighted by Gasteiger charge is 2.60. The highest BCUT2D eigenvalue weighted by molar-refractivity contribution is 8.14. The van der Waals surface area contributed by atoms with E-state index in [1.165, 1.54) is 22.2 Å². The van der Waals surface area contributed by atoms with Gasteiger partial charge in [0.1, 0.15) is 30.9 Å². The van der Waals surface area contributed by atoms with Crippen LogP contribution in [0.4, 0.5) is 0 Å². The lowest BCUT2D eigenvalue weighted by Crippen LogP contribution is -2.58. The number of amides is 3. The number of nitrogens with zero attached hydrogens (tertiary/aromatic N) is 2. The van der Waals surface area contributed by atoms with Crippen molar-refractivity contribution in [3.8, 4) is 10.4 Å². The smallest absolute Gasteiger partial charge is 0.306 e. The molecule has 0 radical (unpaired) electrons. The number of ketones is 1. The fourth-order valence-electron chi connectivity index (χ4n) is 11.7. The third-order valence-electron chi connectivity index (χ3n) is 16.2. The number of aryl methyl sites for hydroxylation is 1. The van der Waals surface area contributed by atoms with Crippen LogP contribution >= 0.6 is 23.1 Å². The van der Waals surface area contributed by atoms with Crippen molar-refractivity contribution < 1.29 is 57.6 Å². The molecule has 3 aliphatic carbocycles. The molecule has 1 aromatic heterocycles. The lowest BCUT2D eigenvalue weighted by molar-refractivity contribution is -0.165. The number of aromatic nitrogens is 1. The van der Waals surface area contributed by atoms with Crippen molar-refractivity contribution in [2.24, 2.45) is 28.1 Å². The molecule has 396 valence electrons. The lowest BCUT2D eigenvalue weighted by Gasteiger charge is -2.59. The van der Waals surface area contributed by atoms with E-state index in [1.807, 2.05) is 70.5 Å². The predicted molar refractivity (Wildman–Crippen MR) is 274 cm³/mol. The van der Waals surface area contributed by atoms with Crippen molar-refractivity contribution in [2.75, 3.05) is 59.4 Å². The van der Waals surface area contributed by atoms with Gasteiger partial charge in [-0.05, 0) is 99.2 Å². The molecular formula is C54H76N4O12S2. The summed E-state index contributed by atoms with van der Waals surface area (Å²) in [5.41, 5.74) is 4.36. The van der Waals surface area contributed by atoms with Crippen molar-refractivity contribution in [1.82, 2.24) is 20.5 Å². The van der Waals surface area contributed by atoms with E-state index in [0.717, 1.165) is 47.4 Å². The number of hydrogen-bond donors (Lipinski definition) is 3. The number of carbonyl (C=O) groups excluding carboxylic acids is 6. The molecule has 5 aliphatic rings. The Bertz CT molecular complexity index is 2320. The molecule has 3 N–H and O–H groups in total. The third kappa shape index (κ3) is 13.1. The highest BCUT2D eigenvalue weighted by Crippen LogP contribution is 2.64. The summed E-state index contributed by atoms with van der Waals surface area (Å²) in [7, 11) is 0. The number of allylic oxidation sites excluding steroid dienone is 2. The number of aliphatic hydroxyl groups is 1. The molecule has 3 amide bonds. The fraction of sp³-hybridized carbons (Fsp3) is 0.685. The maximum Gasteiger partial charge on any atom is 0.306 e. The van der Waals surface area contributed by atoms with Crippen molar-refractivity contribution in [2.45, 2.75) is 148 Å². The zero-order chi connectivity index (χ0) is 52.0. The lowest BCUT2D eigenvalue weighted by atomic mass is 9.48. The molecule has 4 fully saturated rings.